The summed E-state index contributed by atoms with van der Waals surface area (Å²) in [5.74, 6) is 0. The quantitative estimate of drug-likeness (QED) is 0.792. The molecule has 4 rings (SSSR count). The lowest BCUT2D eigenvalue weighted by molar-refractivity contribution is 0.0908. The average Bonchev–Trinajstić information content (AvgIpc) is 2.88. The molecule has 3 aliphatic heterocycles. The van der Waals surface area contributed by atoms with Crippen LogP contribution in [-0.4, -0.2) is 60.6 Å². The van der Waals surface area contributed by atoms with Gasteiger partial charge in [-0.2, -0.15) is 0 Å². The van der Waals surface area contributed by atoms with E-state index in [0.717, 1.165) is 39.1 Å². The summed E-state index contributed by atoms with van der Waals surface area (Å²) >= 11 is 0. The minimum Gasteiger partial charge on any atom is -0.383 e. The molecule has 2 amide bonds. The summed E-state index contributed by atoms with van der Waals surface area (Å²) in [5.41, 5.74) is 2.69. The van der Waals surface area contributed by atoms with Gasteiger partial charge in [0.25, 0.3) is 0 Å². The van der Waals surface area contributed by atoms with Crippen molar-refractivity contribution in [2.45, 2.75) is 18.5 Å². The molecule has 2 fully saturated rings. The molecule has 5 heteroatoms. The fourth-order valence-corrected chi connectivity index (χ4v) is 3.64. The molecule has 2 saturated heterocycles. The average molecular weight is 272 g/mol. The molecule has 2 unspecified atom stereocenters. The molecule has 5 nitrogen and oxygen atoms in total. The van der Waals surface area contributed by atoms with E-state index in [2.05, 4.69) is 39.8 Å². The molecular formula is C15H20N4O. The molecule has 2 atom stereocenters. The largest absolute Gasteiger partial charge is 0.383 e. The van der Waals surface area contributed by atoms with Gasteiger partial charge in [0, 0.05) is 44.5 Å². The van der Waals surface area contributed by atoms with Crippen LogP contribution in [-0.2, 0) is 6.42 Å². The molecule has 0 radical (unpaired) electrons. The second-order valence-electron chi connectivity index (χ2n) is 5.92. The van der Waals surface area contributed by atoms with Crippen LogP contribution >= 0.6 is 0 Å². The maximum absolute atomic E-state index is 11.6. The molecule has 0 aliphatic carbocycles. The lowest BCUT2D eigenvalue weighted by Gasteiger charge is -2.42. The third-order valence-electron chi connectivity index (χ3n) is 4.78. The number of anilines is 1. The number of benzene rings is 1. The van der Waals surface area contributed by atoms with Crippen LogP contribution in [0, 0.1) is 0 Å². The van der Waals surface area contributed by atoms with E-state index < -0.39 is 0 Å². The van der Waals surface area contributed by atoms with Crippen molar-refractivity contribution in [2.24, 2.45) is 0 Å². The van der Waals surface area contributed by atoms with Gasteiger partial charge in [0.2, 0.25) is 0 Å². The lowest BCUT2D eigenvalue weighted by Crippen LogP contribution is -2.57. The first-order chi connectivity index (χ1) is 9.81. The first-order valence-corrected chi connectivity index (χ1v) is 7.41. The number of hydrogen-bond acceptors (Lipinski definition) is 3. The van der Waals surface area contributed by atoms with E-state index in [1.807, 2.05) is 4.90 Å². The van der Waals surface area contributed by atoms with Crippen molar-refractivity contribution in [3.05, 3.63) is 29.8 Å². The predicted octanol–water partition coefficient (Wildman–Crippen LogP) is 0.733. The first kappa shape index (κ1) is 12.0. The van der Waals surface area contributed by atoms with E-state index in [9.17, 15) is 4.79 Å². The van der Waals surface area contributed by atoms with Gasteiger partial charge >= 0.3 is 6.03 Å². The normalized spacial score (nSPS) is 29.4. The number of urea groups is 1. The van der Waals surface area contributed by atoms with E-state index in [1.165, 1.54) is 11.3 Å². The number of hydrogen-bond donors (Lipinski definition) is 2. The van der Waals surface area contributed by atoms with Crippen molar-refractivity contribution in [3.63, 3.8) is 0 Å². The molecule has 1 aromatic carbocycles. The molecule has 0 saturated carbocycles. The Bertz CT molecular complexity index is 532. The molecule has 106 valence electrons. The highest BCUT2D eigenvalue weighted by Gasteiger charge is 2.37. The summed E-state index contributed by atoms with van der Waals surface area (Å²) in [6.07, 6.45) is 1.11. The van der Waals surface area contributed by atoms with E-state index in [4.69, 9.17) is 0 Å². The SMILES string of the molecule is O=C1NCC2CN(C3CNc4ccccc4C3)CCN12. The molecule has 1 aromatic rings. The molecule has 3 heterocycles. The molecule has 0 aromatic heterocycles. The molecule has 0 bridgehead atoms. The lowest BCUT2D eigenvalue weighted by atomic mass is 9.97. The van der Waals surface area contributed by atoms with Crippen LogP contribution in [0.25, 0.3) is 0 Å². The Morgan fingerprint density at radius 3 is 2.85 bits per heavy atom. The molecule has 0 spiro atoms. The maximum Gasteiger partial charge on any atom is 0.317 e. The van der Waals surface area contributed by atoms with Crippen molar-refractivity contribution in [2.75, 3.05) is 38.0 Å². The number of fused-ring (bicyclic) bond motifs is 2. The Kier molecular flexibility index (Phi) is 2.80. The smallest absolute Gasteiger partial charge is 0.317 e. The minimum atomic E-state index is 0.113. The van der Waals surface area contributed by atoms with Crippen molar-refractivity contribution in [1.82, 2.24) is 15.1 Å². The second-order valence-corrected chi connectivity index (χ2v) is 5.92. The summed E-state index contributed by atoms with van der Waals surface area (Å²) in [4.78, 5) is 16.2. The Morgan fingerprint density at radius 2 is 1.90 bits per heavy atom. The highest BCUT2D eigenvalue weighted by atomic mass is 16.2. The van der Waals surface area contributed by atoms with E-state index >= 15 is 0 Å². The summed E-state index contributed by atoms with van der Waals surface area (Å²) in [6, 6.07) is 9.58. The van der Waals surface area contributed by atoms with Gasteiger partial charge < -0.3 is 15.5 Å². The number of carbonyl (C=O) groups excluding carboxylic acids is 1. The van der Waals surface area contributed by atoms with Crippen LogP contribution in [0.1, 0.15) is 5.56 Å². The van der Waals surface area contributed by atoms with Gasteiger partial charge in [0.05, 0.1) is 6.04 Å². The number of piperazine rings is 1. The zero-order valence-corrected chi connectivity index (χ0v) is 11.5. The summed E-state index contributed by atoms with van der Waals surface area (Å²) in [6.45, 7) is 4.64. The fraction of sp³-hybridized carbons (Fsp3) is 0.533. The maximum atomic E-state index is 11.6. The van der Waals surface area contributed by atoms with Gasteiger partial charge in [0.15, 0.2) is 0 Å². The van der Waals surface area contributed by atoms with Crippen molar-refractivity contribution in [1.29, 1.82) is 0 Å². The summed E-state index contributed by atoms with van der Waals surface area (Å²) < 4.78 is 0. The minimum absolute atomic E-state index is 0.113. The van der Waals surface area contributed by atoms with E-state index in [1.54, 1.807) is 0 Å². The van der Waals surface area contributed by atoms with Crippen LogP contribution < -0.4 is 10.6 Å². The van der Waals surface area contributed by atoms with Crippen LogP contribution in [0.15, 0.2) is 24.3 Å². The number of nitrogens with zero attached hydrogens (tertiary/aromatic N) is 2. The van der Waals surface area contributed by atoms with Crippen molar-refractivity contribution in [3.8, 4) is 0 Å². The highest BCUT2D eigenvalue weighted by Crippen LogP contribution is 2.25. The zero-order chi connectivity index (χ0) is 13.5. The number of nitrogens with one attached hydrogen (secondary N) is 2. The summed E-state index contributed by atoms with van der Waals surface area (Å²) in [5, 5.41) is 6.49. The fourth-order valence-electron chi connectivity index (χ4n) is 3.64. The topological polar surface area (TPSA) is 47.6 Å². The van der Waals surface area contributed by atoms with Crippen LogP contribution in [0.5, 0.6) is 0 Å². The van der Waals surface area contributed by atoms with E-state index in [0.29, 0.717) is 12.1 Å². The van der Waals surface area contributed by atoms with Crippen molar-refractivity contribution < 1.29 is 4.79 Å². The van der Waals surface area contributed by atoms with Gasteiger partial charge in [-0.25, -0.2) is 4.79 Å². The van der Waals surface area contributed by atoms with Crippen LogP contribution in [0.2, 0.25) is 0 Å². The van der Waals surface area contributed by atoms with Gasteiger partial charge in [-0.1, -0.05) is 18.2 Å². The molecule has 2 N–H and O–H groups in total. The predicted molar refractivity (Wildman–Crippen MR) is 77.9 cm³/mol. The Balaban J connectivity index is 1.46. The second kappa shape index (κ2) is 4.66. The first-order valence-electron chi connectivity index (χ1n) is 7.41. The zero-order valence-electron chi connectivity index (χ0n) is 11.5. The molecule has 20 heavy (non-hydrogen) atoms. The third kappa shape index (κ3) is 1.93. The summed E-state index contributed by atoms with van der Waals surface area (Å²) in [7, 11) is 0. The number of rotatable bonds is 1. The monoisotopic (exact) mass is 272 g/mol. The Morgan fingerprint density at radius 1 is 1.05 bits per heavy atom. The number of carbonyl (C=O) groups is 1. The molecular weight excluding hydrogens is 252 g/mol. The van der Waals surface area contributed by atoms with Gasteiger partial charge in [-0.3, -0.25) is 4.90 Å². The Labute approximate surface area is 118 Å². The number of para-hydroxylation sites is 1. The van der Waals surface area contributed by atoms with Gasteiger partial charge in [-0.15, -0.1) is 0 Å². The standard InChI is InChI=1S/C15H20N4O/c20-15-17-9-13-10-18(5-6-19(13)15)12-7-11-3-1-2-4-14(11)16-8-12/h1-4,12-13,16H,5-10H2,(H,17,20). The Hall–Kier alpha value is -1.75. The van der Waals surface area contributed by atoms with Crippen LogP contribution in [0.4, 0.5) is 10.5 Å². The van der Waals surface area contributed by atoms with E-state index in [-0.39, 0.29) is 6.03 Å². The van der Waals surface area contributed by atoms with Gasteiger partial charge in [-0.05, 0) is 18.1 Å². The molecule has 3 aliphatic rings. The van der Waals surface area contributed by atoms with Gasteiger partial charge in [0.1, 0.15) is 0 Å². The third-order valence-corrected chi connectivity index (χ3v) is 4.78. The number of amides is 2. The highest BCUT2D eigenvalue weighted by molar-refractivity contribution is 5.77. The van der Waals surface area contributed by atoms with Crippen LogP contribution in [0.3, 0.4) is 0 Å². The van der Waals surface area contributed by atoms with Crippen molar-refractivity contribution >= 4 is 11.7 Å².